The molecule has 0 spiro atoms. The van der Waals surface area contributed by atoms with E-state index in [1.165, 1.54) is 6.92 Å². The number of hydrogen-bond donors (Lipinski definition) is 3. The Hall–Kier alpha value is -3.42. The fourth-order valence-corrected chi connectivity index (χ4v) is 3.52. The summed E-state index contributed by atoms with van der Waals surface area (Å²) in [5.74, 6) is -0.165. The van der Waals surface area contributed by atoms with E-state index in [-0.39, 0.29) is 36.0 Å². The van der Waals surface area contributed by atoms with Crippen molar-refractivity contribution < 1.29 is 14.4 Å². The molecule has 158 valence electrons. The molecule has 1 saturated heterocycles. The number of nitrogens with one attached hydrogen (secondary N) is 2. The number of nitrogens with zero attached hydrogens (tertiary/aromatic N) is 2. The third-order valence-electron chi connectivity index (χ3n) is 5.24. The van der Waals surface area contributed by atoms with Crippen molar-refractivity contribution in [2.45, 2.75) is 32.2 Å². The maximum atomic E-state index is 12.4. The number of nitrogen functional groups attached to an aromatic ring is 1. The molecular weight excluding hydrogens is 382 g/mol. The summed E-state index contributed by atoms with van der Waals surface area (Å²) < 4.78 is 0. The van der Waals surface area contributed by atoms with Gasteiger partial charge in [0.05, 0.1) is 12.1 Å². The van der Waals surface area contributed by atoms with Crippen LogP contribution in [0.5, 0.6) is 0 Å². The van der Waals surface area contributed by atoms with Crippen LogP contribution in [0.4, 0.5) is 5.82 Å². The predicted octanol–water partition coefficient (Wildman–Crippen LogP) is 1.44. The monoisotopic (exact) mass is 409 g/mol. The molecule has 1 fully saturated rings. The van der Waals surface area contributed by atoms with Crippen LogP contribution in [0.15, 0.2) is 42.5 Å². The minimum absolute atomic E-state index is 0.0258. The van der Waals surface area contributed by atoms with Crippen LogP contribution in [0.2, 0.25) is 0 Å². The van der Waals surface area contributed by atoms with Crippen molar-refractivity contribution in [1.29, 1.82) is 0 Å². The summed E-state index contributed by atoms with van der Waals surface area (Å²) in [6, 6.07) is 13.2. The molecule has 1 aromatic heterocycles. The average molecular weight is 409 g/mol. The van der Waals surface area contributed by atoms with Gasteiger partial charge in [0.2, 0.25) is 11.8 Å². The van der Waals surface area contributed by atoms with Crippen molar-refractivity contribution in [3.8, 4) is 0 Å². The van der Waals surface area contributed by atoms with Crippen LogP contribution in [0.3, 0.4) is 0 Å². The highest BCUT2D eigenvalue weighted by Gasteiger charge is 2.25. The highest BCUT2D eigenvalue weighted by Crippen LogP contribution is 2.28. The Morgan fingerprint density at radius 3 is 2.40 bits per heavy atom. The first-order valence-corrected chi connectivity index (χ1v) is 10.0. The van der Waals surface area contributed by atoms with E-state index in [2.05, 4.69) is 15.6 Å². The van der Waals surface area contributed by atoms with E-state index in [1.807, 2.05) is 36.4 Å². The zero-order valence-corrected chi connectivity index (χ0v) is 17.1. The lowest BCUT2D eigenvalue weighted by Gasteiger charge is -2.32. The first-order chi connectivity index (χ1) is 14.4. The Bertz CT molecular complexity index is 908. The van der Waals surface area contributed by atoms with Crippen LogP contribution in [0.25, 0.3) is 0 Å². The molecular formula is C22H27N5O3. The Morgan fingerprint density at radius 2 is 1.77 bits per heavy atom. The molecule has 8 heteroatoms. The number of pyridine rings is 1. The molecule has 30 heavy (non-hydrogen) atoms. The summed E-state index contributed by atoms with van der Waals surface area (Å²) in [4.78, 5) is 41.7. The normalized spacial score (nSPS) is 14.2. The van der Waals surface area contributed by atoms with Crippen molar-refractivity contribution in [2.24, 2.45) is 0 Å². The molecule has 8 nitrogen and oxygen atoms in total. The molecule has 1 aliphatic rings. The standard InChI is InChI=1S/C22H27N5O3/c1-15(28)24-14-20(29)27-11-9-17(10-12-27)19-8-7-18(21(23)26-19)22(30)25-13-16-5-3-2-4-6-16/h2-8,17H,9-14H2,1H3,(H2,23,26)(H,24,28)(H,25,30). The molecule has 3 rings (SSSR count). The molecule has 0 bridgehead atoms. The Morgan fingerprint density at radius 1 is 1.07 bits per heavy atom. The van der Waals surface area contributed by atoms with E-state index >= 15 is 0 Å². The third-order valence-corrected chi connectivity index (χ3v) is 5.24. The maximum absolute atomic E-state index is 12.4. The predicted molar refractivity (Wildman–Crippen MR) is 114 cm³/mol. The number of rotatable bonds is 6. The summed E-state index contributed by atoms with van der Waals surface area (Å²) >= 11 is 0. The van der Waals surface area contributed by atoms with Crippen LogP contribution in [0.1, 0.15) is 47.3 Å². The number of likely N-dealkylation sites (tertiary alicyclic amines) is 1. The summed E-state index contributed by atoms with van der Waals surface area (Å²) in [5, 5.41) is 5.39. The van der Waals surface area contributed by atoms with Gasteiger partial charge in [-0.25, -0.2) is 4.98 Å². The van der Waals surface area contributed by atoms with Gasteiger partial charge in [-0.05, 0) is 30.5 Å². The highest BCUT2D eigenvalue weighted by molar-refractivity contribution is 5.98. The first-order valence-electron chi connectivity index (χ1n) is 10.0. The van der Waals surface area contributed by atoms with Gasteiger partial charge in [0.15, 0.2) is 0 Å². The molecule has 1 aliphatic heterocycles. The van der Waals surface area contributed by atoms with Crippen molar-refractivity contribution >= 4 is 23.5 Å². The second-order valence-corrected chi connectivity index (χ2v) is 7.40. The number of aromatic nitrogens is 1. The number of carbonyl (C=O) groups excluding carboxylic acids is 3. The fourth-order valence-electron chi connectivity index (χ4n) is 3.52. The SMILES string of the molecule is CC(=O)NCC(=O)N1CCC(c2ccc(C(=O)NCc3ccccc3)c(N)n2)CC1. The van der Waals surface area contributed by atoms with E-state index in [9.17, 15) is 14.4 Å². The quantitative estimate of drug-likeness (QED) is 0.667. The molecule has 0 saturated carbocycles. The Labute approximate surface area is 175 Å². The largest absolute Gasteiger partial charge is 0.383 e. The van der Waals surface area contributed by atoms with Crippen LogP contribution >= 0.6 is 0 Å². The van der Waals surface area contributed by atoms with Crippen LogP contribution in [-0.2, 0) is 16.1 Å². The van der Waals surface area contributed by atoms with Gasteiger partial charge in [-0.3, -0.25) is 14.4 Å². The van der Waals surface area contributed by atoms with Gasteiger partial charge >= 0.3 is 0 Å². The zero-order chi connectivity index (χ0) is 21.5. The second kappa shape index (κ2) is 9.87. The fraction of sp³-hybridized carbons (Fsp3) is 0.364. The van der Waals surface area contributed by atoms with Gasteiger partial charge in [0, 0.05) is 38.2 Å². The van der Waals surface area contributed by atoms with Crippen molar-refractivity contribution in [3.05, 3.63) is 59.3 Å². The van der Waals surface area contributed by atoms with Gasteiger partial charge in [-0.15, -0.1) is 0 Å². The molecule has 0 atom stereocenters. The van der Waals surface area contributed by atoms with Gasteiger partial charge in [-0.2, -0.15) is 0 Å². The molecule has 1 aromatic carbocycles. The van der Waals surface area contributed by atoms with Gasteiger partial charge in [-0.1, -0.05) is 30.3 Å². The molecule has 3 amide bonds. The van der Waals surface area contributed by atoms with E-state index < -0.39 is 0 Å². The molecule has 0 unspecified atom stereocenters. The van der Waals surface area contributed by atoms with Crippen LogP contribution in [0, 0.1) is 0 Å². The Kier molecular flexibility index (Phi) is 7.00. The molecule has 2 heterocycles. The summed E-state index contributed by atoms with van der Waals surface area (Å²) in [6.07, 6.45) is 1.52. The van der Waals surface area contributed by atoms with E-state index in [1.54, 1.807) is 11.0 Å². The van der Waals surface area contributed by atoms with Gasteiger partial charge in [0.25, 0.3) is 5.91 Å². The maximum Gasteiger partial charge on any atom is 0.255 e. The molecule has 0 aliphatic carbocycles. The second-order valence-electron chi connectivity index (χ2n) is 7.40. The number of piperidine rings is 1. The molecule has 0 radical (unpaired) electrons. The van der Waals surface area contributed by atoms with Crippen molar-refractivity contribution in [3.63, 3.8) is 0 Å². The van der Waals surface area contributed by atoms with Crippen molar-refractivity contribution in [2.75, 3.05) is 25.4 Å². The summed E-state index contributed by atoms with van der Waals surface area (Å²) in [5.41, 5.74) is 8.27. The molecule has 2 aromatic rings. The van der Waals surface area contributed by atoms with E-state index in [0.717, 1.165) is 24.1 Å². The number of benzene rings is 1. The number of amides is 3. The van der Waals surface area contributed by atoms with Crippen LogP contribution < -0.4 is 16.4 Å². The lowest BCUT2D eigenvalue weighted by Crippen LogP contribution is -2.43. The lowest BCUT2D eigenvalue weighted by molar-refractivity contribution is -0.133. The highest BCUT2D eigenvalue weighted by atomic mass is 16.2. The lowest BCUT2D eigenvalue weighted by atomic mass is 9.92. The van der Waals surface area contributed by atoms with E-state index in [4.69, 9.17) is 5.73 Å². The summed E-state index contributed by atoms with van der Waals surface area (Å²) in [6.45, 7) is 3.04. The van der Waals surface area contributed by atoms with Crippen molar-refractivity contribution in [1.82, 2.24) is 20.5 Å². The number of hydrogen-bond acceptors (Lipinski definition) is 5. The van der Waals surface area contributed by atoms with Gasteiger partial charge in [0.1, 0.15) is 5.82 Å². The number of anilines is 1. The van der Waals surface area contributed by atoms with E-state index in [0.29, 0.717) is 25.2 Å². The zero-order valence-electron chi connectivity index (χ0n) is 17.1. The minimum atomic E-state index is -0.256. The van der Waals surface area contributed by atoms with Gasteiger partial charge < -0.3 is 21.3 Å². The average Bonchev–Trinajstić information content (AvgIpc) is 2.76. The number of carbonyl (C=O) groups is 3. The molecule has 4 N–H and O–H groups in total. The smallest absolute Gasteiger partial charge is 0.255 e. The minimum Gasteiger partial charge on any atom is -0.383 e. The summed E-state index contributed by atoms with van der Waals surface area (Å²) in [7, 11) is 0. The Balaban J connectivity index is 1.54. The van der Waals surface area contributed by atoms with Crippen LogP contribution in [-0.4, -0.2) is 47.2 Å². The number of nitrogens with two attached hydrogens (primary N) is 1. The first kappa shape index (κ1) is 21.3. The third kappa shape index (κ3) is 5.56. The topological polar surface area (TPSA) is 117 Å².